The molecule has 4 rings (SSSR count). The van der Waals surface area contributed by atoms with Crippen LogP contribution in [0, 0.1) is 0 Å². The van der Waals surface area contributed by atoms with E-state index in [1.54, 1.807) is 30.3 Å². The first-order chi connectivity index (χ1) is 15.1. The number of phenols is 1. The van der Waals surface area contributed by atoms with Gasteiger partial charge in [-0.15, -0.1) is 11.3 Å². The maximum absolute atomic E-state index is 13.1. The van der Waals surface area contributed by atoms with Crippen molar-refractivity contribution in [3.8, 4) is 17.2 Å². The van der Waals surface area contributed by atoms with Gasteiger partial charge in [-0.1, -0.05) is 54.6 Å². The molecule has 0 aliphatic rings. The Labute approximate surface area is 182 Å². The summed E-state index contributed by atoms with van der Waals surface area (Å²) >= 11 is 1.33. The minimum atomic E-state index is -0.0955. The molecule has 1 heterocycles. The predicted octanol–water partition coefficient (Wildman–Crippen LogP) is 6.08. The zero-order chi connectivity index (χ0) is 22.2. The normalized spacial score (nSPS) is 10.4. The van der Waals surface area contributed by atoms with Crippen LogP contribution in [-0.2, 0) is 9.59 Å². The summed E-state index contributed by atoms with van der Waals surface area (Å²) in [7, 11) is 0. The lowest BCUT2D eigenvalue weighted by atomic mass is 10.1. The highest BCUT2D eigenvalue weighted by molar-refractivity contribution is 7.21. The maximum Gasteiger partial charge on any atom is 0.373 e. The van der Waals surface area contributed by atoms with E-state index in [0.29, 0.717) is 21.9 Å². The highest BCUT2D eigenvalue weighted by Gasteiger charge is 2.22. The number of ether oxygens (including phenoxy) is 1. The Bertz CT molecular complexity index is 1250. The van der Waals surface area contributed by atoms with Crippen molar-refractivity contribution in [3.05, 3.63) is 94.9 Å². The zero-order valence-electron chi connectivity index (χ0n) is 16.6. The van der Waals surface area contributed by atoms with E-state index in [0.717, 1.165) is 15.6 Å². The Kier molecular flexibility index (Phi) is 7.12. The molecule has 1 aromatic heterocycles. The standard InChI is InChI=1S/C24H18O3S.CO2/c1-2-6-16-9-12-19(13-10-16)27-23-20-14-11-18(25)15-21(20)28-24(23)22(26)17-7-4-3-5-8-17;2-1-3/h2-15,25H,1H3;/b6-2+;. The molecular formula is C25H18O5S. The topological polar surface area (TPSA) is 80.7 Å². The molecule has 0 saturated carbocycles. The van der Waals surface area contributed by atoms with Gasteiger partial charge in [0.05, 0.1) is 0 Å². The van der Waals surface area contributed by atoms with Crippen molar-refractivity contribution in [2.24, 2.45) is 0 Å². The Morgan fingerprint density at radius 3 is 2.32 bits per heavy atom. The summed E-state index contributed by atoms with van der Waals surface area (Å²) < 4.78 is 6.97. The fourth-order valence-electron chi connectivity index (χ4n) is 2.99. The molecule has 0 spiro atoms. The SMILES string of the molecule is C/C=C/c1ccc(Oc2c(C(=O)c3ccccc3)sc3cc(O)ccc23)cc1.O=C=O. The van der Waals surface area contributed by atoms with Crippen molar-refractivity contribution in [1.82, 2.24) is 0 Å². The number of aromatic hydroxyl groups is 1. The monoisotopic (exact) mass is 430 g/mol. The number of hydrogen-bond donors (Lipinski definition) is 1. The summed E-state index contributed by atoms with van der Waals surface area (Å²) in [4.78, 5) is 29.9. The molecule has 6 heteroatoms. The average molecular weight is 430 g/mol. The molecular weight excluding hydrogens is 412 g/mol. The van der Waals surface area contributed by atoms with Crippen LogP contribution in [0.15, 0.2) is 78.9 Å². The van der Waals surface area contributed by atoms with Crippen LogP contribution in [0.2, 0.25) is 0 Å². The summed E-state index contributed by atoms with van der Waals surface area (Å²) in [5.74, 6) is 1.24. The molecule has 0 aliphatic carbocycles. The largest absolute Gasteiger partial charge is 0.508 e. The number of benzene rings is 3. The molecule has 154 valence electrons. The van der Waals surface area contributed by atoms with Crippen LogP contribution in [0.1, 0.15) is 27.7 Å². The number of fused-ring (bicyclic) bond motifs is 1. The second kappa shape index (κ2) is 10.2. The predicted molar refractivity (Wildman–Crippen MR) is 120 cm³/mol. The Hall–Kier alpha value is -3.99. The van der Waals surface area contributed by atoms with Crippen molar-refractivity contribution >= 4 is 39.4 Å². The van der Waals surface area contributed by atoms with Crippen molar-refractivity contribution in [2.75, 3.05) is 0 Å². The van der Waals surface area contributed by atoms with E-state index in [1.165, 1.54) is 11.3 Å². The van der Waals surface area contributed by atoms with E-state index in [2.05, 4.69) is 0 Å². The second-order valence-electron chi connectivity index (χ2n) is 6.39. The van der Waals surface area contributed by atoms with Gasteiger partial charge in [0.2, 0.25) is 5.78 Å². The molecule has 0 bridgehead atoms. The number of phenolic OH excluding ortho intramolecular Hbond substituents is 1. The molecule has 31 heavy (non-hydrogen) atoms. The Morgan fingerprint density at radius 1 is 1.00 bits per heavy atom. The third kappa shape index (κ3) is 5.14. The summed E-state index contributed by atoms with van der Waals surface area (Å²) in [6.45, 7) is 1.97. The van der Waals surface area contributed by atoms with Gasteiger partial charge in [-0.25, -0.2) is 0 Å². The third-order valence-corrected chi connectivity index (χ3v) is 5.46. The molecule has 0 atom stereocenters. The van der Waals surface area contributed by atoms with Gasteiger partial charge >= 0.3 is 6.15 Å². The number of rotatable bonds is 5. The van der Waals surface area contributed by atoms with Crippen molar-refractivity contribution in [2.45, 2.75) is 6.92 Å². The molecule has 0 unspecified atom stereocenters. The molecule has 0 saturated heterocycles. The Morgan fingerprint density at radius 2 is 1.68 bits per heavy atom. The highest BCUT2D eigenvalue weighted by Crippen LogP contribution is 2.42. The van der Waals surface area contributed by atoms with Crippen LogP contribution in [0.4, 0.5) is 0 Å². The molecule has 0 aliphatic heterocycles. The van der Waals surface area contributed by atoms with E-state index < -0.39 is 0 Å². The fourth-order valence-corrected chi connectivity index (χ4v) is 4.12. The fraction of sp³-hybridized carbons (Fsp3) is 0.0400. The van der Waals surface area contributed by atoms with Crippen molar-refractivity contribution < 1.29 is 24.2 Å². The molecule has 4 aromatic rings. The smallest absolute Gasteiger partial charge is 0.373 e. The first-order valence-electron chi connectivity index (χ1n) is 9.32. The average Bonchev–Trinajstić information content (AvgIpc) is 3.13. The molecule has 0 amide bonds. The van der Waals surface area contributed by atoms with Gasteiger partial charge in [-0.05, 0) is 42.8 Å². The first-order valence-corrected chi connectivity index (χ1v) is 10.1. The third-order valence-electron chi connectivity index (χ3n) is 4.33. The minimum Gasteiger partial charge on any atom is -0.508 e. The summed E-state index contributed by atoms with van der Waals surface area (Å²) in [5, 5.41) is 10.6. The number of allylic oxidation sites excluding steroid dienone is 1. The van der Waals surface area contributed by atoms with Gasteiger partial charge in [0.15, 0.2) is 5.75 Å². The minimum absolute atomic E-state index is 0.0955. The molecule has 3 aromatic carbocycles. The maximum atomic E-state index is 13.1. The lowest BCUT2D eigenvalue weighted by Crippen LogP contribution is -2.00. The van der Waals surface area contributed by atoms with Crippen LogP contribution in [-0.4, -0.2) is 17.0 Å². The van der Waals surface area contributed by atoms with Gasteiger partial charge < -0.3 is 9.84 Å². The van der Waals surface area contributed by atoms with Gasteiger partial charge in [-0.2, -0.15) is 9.59 Å². The second-order valence-corrected chi connectivity index (χ2v) is 7.44. The molecule has 1 N–H and O–H groups in total. The van der Waals surface area contributed by atoms with Crippen LogP contribution in [0.5, 0.6) is 17.2 Å². The van der Waals surface area contributed by atoms with Crippen LogP contribution >= 0.6 is 11.3 Å². The van der Waals surface area contributed by atoms with E-state index in [4.69, 9.17) is 14.3 Å². The van der Waals surface area contributed by atoms with Gasteiger partial charge in [0, 0.05) is 15.6 Å². The Balaban J connectivity index is 0.000000858. The van der Waals surface area contributed by atoms with Crippen LogP contribution in [0.25, 0.3) is 16.2 Å². The molecule has 5 nitrogen and oxygen atoms in total. The van der Waals surface area contributed by atoms with E-state index in [-0.39, 0.29) is 17.7 Å². The number of carbonyl (C=O) groups is 1. The van der Waals surface area contributed by atoms with Crippen molar-refractivity contribution in [3.63, 3.8) is 0 Å². The molecule has 0 radical (unpaired) electrons. The van der Waals surface area contributed by atoms with Crippen LogP contribution < -0.4 is 4.74 Å². The zero-order valence-corrected chi connectivity index (χ0v) is 17.4. The lowest BCUT2D eigenvalue weighted by molar-refractivity contribution is -0.191. The number of hydrogen-bond acceptors (Lipinski definition) is 6. The molecule has 0 fully saturated rings. The van der Waals surface area contributed by atoms with Gasteiger partial charge in [0.1, 0.15) is 16.4 Å². The van der Waals surface area contributed by atoms with E-state index in [9.17, 15) is 9.90 Å². The number of thiophene rings is 1. The summed E-state index contributed by atoms with van der Waals surface area (Å²) in [5.41, 5.74) is 1.68. The number of ketones is 1. The quantitative estimate of drug-likeness (QED) is 0.388. The first kappa shape index (κ1) is 21.7. The van der Waals surface area contributed by atoms with Gasteiger partial charge in [-0.3, -0.25) is 4.79 Å². The summed E-state index contributed by atoms with van der Waals surface area (Å²) in [6.07, 6.45) is 4.24. The lowest BCUT2D eigenvalue weighted by Gasteiger charge is -2.08. The van der Waals surface area contributed by atoms with E-state index in [1.807, 2.05) is 61.5 Å². The van der Waals surface area contributed by atoms with E-state index >= 15 is 0 Å². The highest BCUT2D eigenvalue weighted by atomic mass is 32.1. The number of carbonyl (C=O) groups excluding carboxylic acids is 3. The summed E-state index contributed by atoms with van der Waals surface area (Å²) in [6, 6.07) is 21.9. The van der Waals surface area contributed by atoms with Crippen LogP contribution in [0.3, 0.4) is 0 Å². The van der Waals surface area contributed by atoms with Crippen molar-refractivity contribution in [1.29, 1.82) is 0 Å². The van der Waals surface area contributed by atoms with Gasteiger partial charge in [0.25, 0.3) is 0 Å².